The molecule has 18 heavy (non-hydrogen) atoms. The van der Waals surface area contributed by atoms with E-state index in [0.717, 1.165) is 0 Å². The van der Waals surface area contributed by atoms with Crippen molar-refractivity contribution < 1.29 is 13.2 Å². The normalized spacial score (nSPS) is 11.9. The number of hydrogen-bond acceptors (Lipinski definition) is 5. The average Bonchev–Trinajstić information content (AvgIpc) is 2.64. The first kappa shape index (κ1) is 15.4. The summed E-state index contributed by atoms with van der Waals surface area (Å²) in [5.41, 5.74) is 0. The molecule has 1 aromatic heterocycles. The zero-order valence-electron chi connectivity index (χ0n) is 10.3. The lowest BCUT2D eigenvalue weighted by molar-refractivity contribution is 0.199. The fraction of sp³-hybridized carbons (Fsp3) is 0.667. The first-order valence-electron chi connectivity index (χ1n) is 5.36. The lowest BCUT2D eigenvalue weighted by atomic mass is 10.6. The number of nitrogens with zero attached hydrogens (tertiary/aromatic N) is 2. The van der Waals surface area contributed by atoms with Gasteiger partial charge in [-0.1, -0.05) is 11.6 Å². The Labute approximate surface area is 112 Å². The third kappa shape index (κ3) is 4.21. The highest BCUT2D eigenvalue weighted by molar-refractivity contribution is 7.89. The Morgan fingerprint density at radius 3 is 2.72 bits per heavy atom. The Bertz CT molecular complexity index is 455. The van der Waals surface area contributed by atoms with E-state index in [1.807, 2.05) is 0 Å². The van der Waals surface area contributed by atoms with Crippen LogP contribution in [-0.2, 0) is 21.8 Å². The third-order valence-corrected chi connectivity index (χ3v) is 4.14. The molecule has 1 heterocycles. The van der Waals surface area contributed by atoms with Crippen molar-refractivity contribution in [1.82, 2.24) is 19.8 Å². The molecular weight excluding hydrogens is 280 g/mol. The van der Waals surface area contributed by atoms with Gasteiger partial charge < -0.3 is 10.1 Å². The Morgan fingerprint density at radius 2 is 2.17 bits per heavy atom. The van der Waals surface area contributed by atoms with Crippen LogP contribution < -0.4 is 10.0 Å². The maximum absolute atomic E-state index is 11.9. The predicted molar refractivity (Wildman–Crippen MR) is 68.2 cm³/mol. The lowest BCUT2D eigenvalue weighted by Crippen LogP contribution is -2.34. The number of halogens is 1. The predicted octanol–water partition coefficient (Wildman–Crippen LogP) is -0.412. The van der Waals surface area contributed by atoms with Crippen LogP contribution in [-0.4, -0.2) is 51.5 Å². The van der Waals surface area contributed by atoms with Gasteiger partial charge in [0.2, 0.25) is 0 Å². The second-order valence-corrected chi connectivity index (χ2v) is 5.65. The molecule has 0 saturated heterocycles. The largest absolute Gasteiger partial charge is 0.383 e. The molecule has 0 radical (unpaired) electrons. The molecule has 0 amide bonds. The number of hydrogen-bond donors (Lipinski definition) is 2. The summed E-state index contributed by atoms with van der Waals surface area (Å²) in [5, 5.41) is 6.89. The molecule has 0 fully saturated rings. The lowest BCUT2D eigenvalue weighted by Gasteiger charge is -2.08. The van der Waals surface area contributed by atoms with Crippen molar-refractivity contribution in [1.29, 1.82) is 0 Å². The standard InChI is InChI=1S/C9H17ClN4O3S/c1-14-9(8(10)7-12-14)18(15,16)13-4-3-11-5-6-17-2/h7,11,13H,3-6H2,1-2H3. The summed E-state index contributed by atoms with van der Waals surface area (Å²) >= 11 is 5.78. The van der Waals surface area contributed by atoms with Crippen LogP contribution >= 0.6 is 11.6 Å². The Hall–Kier alpha value is -0.670. The van der Waals surface area contributed by atoms with E-state index >= 15 is 0 Å². The maximum atomic E-state index is 11.9. The molecule has 0 spiro atoms. The molecule has 0 atom stereocenters. The number of methoxy groups -OCH3 is 1. The van der Waals surface area contributed by atoms with Gasteiger partial charge in [0.15, 0.2) is 5.03 Å². The van der Waals surface area contributed by atoms with Gasteiger partial charge in [-0.2, -0.15) is 5.10 Å². The van der Waals surface area contributed by atoms with Gasteiger partial charge >= 0.3 is 0 Å². The fourth-order valence-electron chi connectivity index (χ4n) is 1.34. The Morgan fingerprint density at radius 1 is 1.44 bits per heavy atom. The van der Waals surface area contributed by atoms with E-state index in [0.29, 0.717) is 19.7 Å². The smallest absolute Gasteiger partial charge is 0.259 e. The summed E-state index contributed by atoms with van der Waals surface area (Å²) in [6.45, 7) is 2.04. The van der Waals surface area contributed by atoms with Crippen LogP contribution in [0.4, 0.5) is 0 Å². The number of sulfonamides is 1. The molecule has 0 aliphatic heterocycles. The zero-order chi connectivity index (χ0) is 13.6. The van der Waals surface area contributed by atoms with Gasteiger partial charge in [-0.05, 0) is 0 Å². The van der Waals surface area contributed by atoms with Crippen molar-refractivity contribution in [2.24, 2.45) is 7.05 Å². The number of ether oxygens (including phenoxy) is 1. The van der Waals surface area contributed by atoms with Crippen LogP contribution in [0.1, 0.15) is 0 Å². The van der Waals surface area contributed by atoms with Crippen molar-refractivity contribution >= 4 is 21.6 Å². The monoisotopic (exact) mass is 296 g/mol. The van der Waals surface area contributed by atoms with E-state index in [-0.39, 0.29) is 16.6 Å². The Kier molecular flexibility index (Phi) is 6.03. The van der Waals surface area contributed by atoms with Crippen molar-refractivity contribution in [3.8, 4) is 0 Å². The van der Waals surface area contributed by atoms with E-state index < -0.39 is 10.0 Å². The quantitative estimate of drug-likeness (QED) is 0.637. The first-order valence-corrected chi connectivity index (χ1v) is 7.22. The molecule has 9 heteroatoms. The molecular formula is C9H17ClN4O3S. The highest BCUT2D eigenvalue weighted by Crippen LogP contribution is 2.18. The third-order valence-electron chi connectivity index (χ3n) is 2.17. The molecule has 104 valence electrons. The second kappa shape index (κ2) is 7.05. The average molecular weight is 297 g/mol. The van der Waals surface area contributed by atoms with Gasteiger partial charge in [-0.3, -0.25) is 4.68 Å². The molecule has 0 aliphatic carbocycles. The van der Waals surface area contributed by atoms with Crippen LogP contribution in [0.2, 0.25) is 5.02 Å². The maximum Gasteiger partial charge on any atom is 0.259 e. The van der Waals surface area contributed by atoms with Crippen LogP contribution in [0.15, 0.2) is 11.2 Å². The van der Waals surface area contributed by atoms with E-state index in [1.54, 1.807) is 7.11 Å². The molecule has 0 unspecified atom stereocenters. The van der Waals surface area contributed by atoms with Gasteiger partial charge in [0, 0.05) is 33.8 Å². The molecule has 7 nitrogen and oxygen atoms in total. The topological polar surface area (TPSA) is 85.2 Å². The minimum absolute atomic E-state index is 0.0268. The van der Waals surface area contributed by atoms with Crippen molar-refractivity contribution in [3.05, 3.63) is 11.2 Å². The molecule has 1 aromatic rings. The molecule has 2 N–H and O–H groups in total. The van der Waals surface area contributed by atoms with Crippen molar-refractivity contribution in [2.75, 3.05) is 33.4 Å². The minimum atomic E-state index is -3.62. The first-order chi connectivity index (χ1) is 8.49. The van der Waals surface area contributed by atoms with Gasteiger partial charge in [-0.15, -0.1) is 0 Å². The molecule has 0 aliphatic rings. The summed E-state index contributed by atoms with van der Waals surface area (Å²) in [6.07, 6.45) is 1.30. The van der Waals surface area contributed by atoms with Crippen LogP contribution in [0, 0.1) is 0 Å². The SMILES string of the molecule is COCCNCCNS(=O)(=O)c1c(Cl)cnn1C. The number of aryl methyl sites for hydroxylation is 1. The van der Waals surface area contributed by atoms with E-state index in [1.165, 1.54) is 17.9 Å². The number of nitrogens with one attached hydrogen (secondary N) is 2. The van der Waals surface area contributed by atoms with E-state index in [2.05, 4.69) is 15.1 Å². The van der Waals surface area contributed by atoms with Gasteiger partial charge in [-0.25, -0.2) is 13.1 Å². The Balaban J connectivity index is 2.46. The molecule has 1 rings (SSSR count). The zero-order valence-corrected chi connectivity index (χ0v) is 11.9. The van der Waals surface area contributed by atoms with E-state index in [9.17, 15) is 8.42 Å². The van der Waals surface area contributed by atoms with Gasteiger partial charge in [0.25, 0.3) is 10.0 Å². The highest BCUT2D eigenvalue weighted by atomic mass is 35.5. The van der Waals surface area contributed by atoms with E-state index in [4.69, 9.17) is 16.3 Å². The fourth-order valence-corrected chi connectivity index (χ4v) is 3.03. The number of rotatable bonds is 8. The number of aromatic nitrogens is 2. The summed E-state index contributed by atoms with van der Waals surface area (Å²) in [7, 11) is -0.493. The van der Waals surface area contributed by atoms with Gasteiger partial charge in [0.1, 0.15) is 0 Å². The summed E-state index contributed by atoms with van der Waals surface area (Å²) in [4.78, 5) is 0. The van der Waals surface area contributed by atoms with Gasteiger partial charge in [0.05, 0.1) is 17.8 Å². The van der Waals surface area contributed by atoms with Crippen LogP contribution in [0.25, 0.3) is 0 Å². The molecule has 0 bridgehead atoms. The second-order valence-electron chi connectivity index (χ2n) is 3.56. The van der Waals surface area contributed by atoms with Crippen molar-refractivity contribution in [2.45, 2.75) is 5.03 Å². The summed E-state index contributed by atoms with van der Waals surface area (Å²) < 4.78 is 32.3. The molecule has 0 aromatic carbocycles. The van der Waals surface area contributed by atoms with Crippen LogP contribution in [0.5, 0.6) is 0 Å². The highest BCUT2D eigenvalue weighted by Gasteiger charge is 2.21. The van der Waals surface area contributed by atoms with Crippen molar-refractivity contribution in [3.63, 3.8) is 0 Å². The van der Waals surface area contributed by atoms with Crippen LogP contribution in [0.3, 0.4) is 0 Å². The minimum Gasteiger partial charge on any atom is -0.383 e. The summed E-state index contributed by atoms with van der Waals surface area (Å²) in [6, 6.07) is 0. The summed E-state index contributed by atoms with van der Waals surface area (Å²) in [5.74, 6) is 0. The molecule has 0 saturated carbocycles.